The lowest BCUT2D eigenvalue weighted by atomic mass is 9.95. The van der Waals surface area contributed by atoms with Crippen LogP contribution in [0, 0.1) is 12.7 Å². The number of nitrogens with one attached hydrogen (secondary N) is 2. The summed E-state index contributed by atoms with van der Waals surface area (Å²) in [5.41, 5.74) is 4.50. The van der Waals surface area contributed by atoms with Gasteiger partial charge in [-0.3, -0.25) is 9.59 Å². The van der Waals surface area contributed by atoms with Crippen molar-refractivity contribution in [2.75, 3.05) is 23.8 Å². The molecule has 0 spiro atoms. The van der Waals surface area contributed by atoms with Gasteiger partial charge in [0.2, 0.25) is 11.8 Å². The summed E-state index contributed by atoms with van der Waals surface area (Å²) in [7, 11) is 1.88. The number of benzene rings is 3. The van der Waals surface area contributed by atoms with Gasteiger partial charge in [-0.05, 0) is 48.2 Å². The number of amides is 2. The van der Waals surface area contributed by atoms with Crippen LogP contribution in [0.15, 0.2) is 72.8 Å². The Morgan fingerprint density at radius 1 is 1.09 bits per heavy atom. The van der Waals surface area contributed by atoms with Crippen LogP contribution in [0.2, 0.25) is 0 Å². The molecule has 1 heterocycles. The van der Waals surface area contributed by atoms with Crippen molar-refractivity contribution in [2.45, 2.75) is 31.7 Å². The molecule has 1 unspecified atom stereocenters. The van der Waals surface area contributed by atoms with Gasteiger partial charge in [-0.25, -0.2) is 4.39 Å². The zero-order valence-corrected chi connectivity index (χ0v) is 18.8. The fourth-order valence-electron chi connectivity index (χ4n) is 4.39. The third kappa shape index (κ3) is 5.40. The summed E-state index contributed by atoms with van der Waals surface area (Å²) in [6.07, 6.45) is 0.704. The fraction of sp³-hybridized carbons (Fsp3) is 0.259. The maximum Gasteiger partial charge on any atom is 0.232 e. The average Bonchev–Trinajstić information content (AvgIpc) is 3.11. The Morgan fingerprint density at radius 3 is 2.61 bits per heavy atom. The second-order valence-corrected chi connectivity index (χ2v) is 8.60. The van der Waals surface area contributed by atoms with Gasteiger partial charge < -0.3 is 15.5 Å². The predicted molar refractivity (Wildman–Crippen MR) is 129 cm³/mol. The van der Waals surface area contributed by atoms with Crippen LogP contribution in [0.25, 0.3) is 0 Å². The van der Waals surface area contributed by atoms with E-state index in [2.05, 4.69) is 10.6 Å². The molecule has 0 saturated heterocycles. The lowest BCUT2D eigenvalue weighted by Gasteiger charge is -2.27. The minimum Gasteiger partial charge on any atom is -0.372 e. The number of para-hydroxylation sites is 1. The van der Waals surface area contributed by atoms with E-state index in [0.29, 0.717) is 13.0 Å². The lowest BCUT2D eigenvalue weighted by molar-refractivity contribution is -0.125. The minimum atomic E-state index is -0.502. The Labute approximate surface area is 193 Å². The van der Waals surface area contributed by atoms with Crippen LogP contribution in [0.1, 0.15) is 29.0 Å². The van der Waals surface area contributed by atoms with Crippen molar-refractivity contribution >= 4 is 23.2 Å². The zero-order chi connectivity index (χ0) is 23.4. The molecule has 170 valence electrons. The standard InChI is InChI=1S/C27H28FN3O2/c1-18-8-6-13-23-24(27(33)30-26(18)23)16-25(32)29-21(14-19-9-4-3-5-10-19)17-31(2)22-12-7-11-20(28)15-22/h3-13,15,21,24H,14,16-17H2,1-2H3,(H,29,32)(H,30,33)/t21-,24?/m0/s1. The Kier molecular flexibility index (Phi) is 6.73. The first-order valence-electron chi connectivity index (χ1n) is 11.1. The highest BCUT2D eigenvalue weighted by Gasteiger charge is 2.33. The number of carbonyl (C=O) groups excluding carboxylic acids is 2. The van der Waals surface area contributed by atoms with E-state index in [0.717, 1.165) is 28.1 Å². The van der Waals surface area contributed by atoms with Crippen LogP contribution in [0.5, 0.6) is 0 Å². The number of hydrogen-bond donors (Lipinski definition) is 2. The van der Waals surface area contributed by atoms with Crippen LogP contribution in [-0.4, -0.2) is 31.4 Å². The predicted octanol–water partition coefficient (Wildman–Crippen LogP) is 4.42. The number of nitrogens with zero attached hydrogens (tertiary/aromatic N) is 1. The van der Waals surface area contributed by atoms with Crippen LogP contribution in [-0.2, 0) is 16.0 Å². The highest BCUT2D eigenvalue weighted by atomic mass is 19.1. The van der Waals surface area contributed by atoms with Crippen LogP contribution >= 0.6 is 0 Å². The van der Waals surface area contributed by atoms with E-state index < -0.39 is 5.92 Å². The number of likely N-dealkylation sites (N-methyl/N-ethyl adjacent to an activating group) is 1. The maximum absolute atomic E-state index is 13.7. The van der Waals surface area contributed by atoms with Gasteiger partial charge in [-0.15, -0.1) is 0 Å². The monoisotopic (exact) mass is 445 g/mol. The first-order valence-corrected chi connectivity index (χ1v) is 11.1. The minimum absolute atomic E-state index is 0.0806. The van der Waals surface area contributed by atoms with Crippen LogP contribution in [0.3, 0.4) is 0 Å². The molecule has 0 radical (unpaired) electrons. The van der Waals surface area contributed by atoms with Crippen molar-refractivity contribution in [2.24, 2.45) is 0 Å². The van der Waals surface area contributed by atoms with Gasteiger partial charge in [-0.1, -0.05) is 54.6 Å². The third-order valence-electron chi connectivity index (χ3n) is 6.07. The Hall–Kier alpha value is -3.67. The van der Waals surface area contributed by atoms with Gasteiger partial charge in [0.1, 0.15) is 5.82 Å². The molecular formula is C27H28FN3O2. The lowest BCUT2D eigenvalue weighted by Crippen LogP contribution is -2.44. The zero-order valence-electron chi connectivity index (χ0n) is 18.8. The summed E-state index contributed by atoms with van der Waals surface area (Å²) in [5.74, 6) is -1.13. The van der Waals surface area contributed by atoms with Crippen LogP contribution in [0.4, 0.5) is 15.8 Å². The molecule has 0 aromatic heterocycles. The van der Waals surface area contributed by atoms with E-state index in [1.54, 1.807) is 6.07 Å². The largest absolute Gasteiger partial charge is 0.372 e. The van der Waals surface area contributed by atoms with Gasteiger partial charge in [0.25, 0.3) is 0 Å². The molecule has 5 nitrogen and oxygen atoms in total. The molecule has 6 heteroatoms. The van der Waals surface area contributed by atoms with E-state index in [1.807, 2.05) is 73.5 Å². The van der Waals surface area contributed by atoms with Gasteiger partial charge in [0, 0.05) is 31.4 Å². The molecule has 3 aromatic rings. The van der Waals surface area contributed by atoms with E-state index in [-0.39, 0.29) is 30.1 Å². The summed E-state index contributed by atoms with van der Waals surface area (Å²) in [5, 5.41) is 6.03. The number of carbonyl (C=O) groups is 2. The normalized spacial score (nSPS) is 15.5. The van der Waals surface area contributed by atoms with Crippen molar-refractivity contribution in [1.82, 2.24) is 5.32 Å². The second-order valence-electron chi connectivity index (χ2n) is 8.60. The molecule has 0 aliphatic carbocycles. The quantitative estimate of drug-likeness (QED) is 0.540. The van der Waals surface area contributed by atoms with Crippen LogP contribution < -0.4 is 15.5 Å². The second kappa shape index (κ2) is 9.86. The summed E-state index contributed by atoms with van der Waals surface area (Å²) >= 11 is 0. The summed E-state index contributed by atoms with van der Waals surface area (Å²) in [6, 6.07) is 21.9. The summed E-state index contributed by atoms with van der Waals surface area (Å²) in [4.78, 5) is 27.5. The molecule has 0 fully saturated rings. The van der Waals surface area contributed by atoms with Gasteiger partial charge in [0.15, 0.2) is 0 Å². The first-order chi connectivity index (χ1) is 15.9. The third-order valence-corrected chi connectivity index (χ3v) is 6.07. The highest BCUT2D eigenvalue weighted by molar-refractivity contribution is 6.05. The van der Waals surface area contributed by atoms with E-state index in [4.69, 9.17) is 0 Å². The Morgan fingerprint density at radius 2 is 1.85 bits per heavy atom. The van der Waals surface area contributed by atoms with Crippen molar-refractivity contribution in [1.29, 1.82) is 0 Å². The first kappa shape index (κ1) is 22.5. The molecule has 2 atom stereocenters. The number of fused-ring (bicyclic) bond motifs is 1. The molecule has 1 aliphatic rings. The molecule has 1 aliphatic heterocycles. The number of hydrogen-bond acceptors (Lipinski definition) is 3. The SMILES string of the molecule is Cc1cccc2c1NC(=O)C2CC(=O)N[C@@H](Cc1ccccc1)CN(C)c1cccc(F)c1. The number of rotatable bonds is 8. The molecule has 33 heavy (non-hydrogen) atoms. The molecule has 4 rings (SSSR count). The molecule has 2 amide bonds. The molecule has 0 bridgehead atoms. The number of halogens is 1. The van der Waals surface area contributed by atoms with Crippen molar-refractivity contribution in [3.63, 3.8) is 0 Å². The molecule has 2 N–H and O–H groups in total. The Bertz CT molecular complexity index is 1150. The summed E-state index contributed by atoms with van der Waals surface area (Å²) < 4.78 is 13.7. The van der Waals surface area contributed by atoms with Gasteiger partial charge in [0.05, 0.1) is 12.0 Å². The van der Waals surface area contributed by atoms with E-state index in [1.165, 1.54) is 12.1 Å². The van der Waals surface area contributed by atoms with Gasteiger partial charge in [-0.2, -0.15) is 0 Å². The number of aryl methyl sites for hydroxylation is 1. The topological polar surface area (TPSA) is 61.4 Å². The van der Waals surface area contributed by atoms with E-state index in [9.17, 15) is 14.0 Å². The molecule has 3 aromatic carbocycles. The molecular weight excluding hydrogens is 417 g/mol. The van der Waals surface area contributed by atoms with Crippen molar-refractivity contribution < 1.29 is 14.0 Å². The fourth-order valence-corrected chi connectivity index (χ4v) is 4.39. The highest BCUT2D eigenvalue weighted by Crippen LogP contribution is 2.36. The van der Waals surface area contributed by atoms with E-state index >= 15 is 0 Å². The summed E-state index contributed by atoms with van der Waals surface area (Å²) in [6.45, 7) is 2.44. The smallest absolute Gasteiger partial charge is 0.232 e. The maximum atomic E-state index is 13.7. The number of anilines is 2. The molecule has 0 saturated carbocycles. The van der Waals surface area contributed by atoms with Crippen molar-refractivity contribution in [3.8, 4) is 0 Å². The Balaban J connectivity index is 1.48. The van der Waals surface area contributed by atoms with Crippen molar-refractivity contribution in [3.05, 3.63) is 95.3 Å². The van der Waals surface area contributed by atoms with Gasteiger partial charge >= 0.3 is 0 Å². The average molecular weight is 446 g/mol.